The van der Waals surface area contributed by atoms with E-state index in [0.717, 1.165) is 32.9 Å². The third kappa shape index (κ3) is 3.54. The molecule has 18 heavy (non-hydrogen) atoms. The molecule has 0 amide bonds. The SMILES string of the molecule is Cc1nc(COc2ccc(Br)cc2CCN)cs1. The minimum Gasteiger partial charge on any atom is -0.487 e. The van der Waals surface area contributed by atoms with Gasteiger partial charge in [0, 0.05) is 9.85 Å². The highest BCUT2D eigenvalue weighted by Gasteiger charge is 2.06. The predicted octanol–water partition coefficient (Wildman–Crippen LogP) is 3.29. The molecule has 1 aromatic carbocycles. The number of aromatic nitrogens is 1. The highest BCUT2D eigenvalue weighted by atomic mass is 79.9. The fourth-order valence-corrected chi connectivity index (χ4v) is 2.67. The van der Waals surface area contributed by atoms with E-state index in [1.807, 2.05) is 24.4 Å². The summed E-state index contributed by atoms with van der Waals surface area (Å²) >= 11 is 5.10. The van der Waals surface area contributed by atoms with Crippen LogP contribution in [0.3, 0.4) is 0 Å². The first-order chi connectivity index (χ1) is 8.69. The molecule has 0 unspecified atom stereocenters. The average molecular weight is 327 g/mol. The molecular formula is C13H15BrN2OS. The molecule has 0 aliphatic heterocycles. The van der Waals surface area contributed by atoms with Crippen LogP contribution in [0.2, 0.25) is 0 Å². The number of rotatable bonds is 5. The second kappa shape index (κ2) is 6.31. The number of benzene rings is 1. The molecule has 2 rings (SSSR count). The van der Waals surface area contributed by atoms with Crippen molar-refractivity contribution in [2.45, 2.75) is 20.0 Å². The summed E-state index contributed by atoms with van der Waals surface area (Å²) in [5.74, 6) is 0.884. The van der Waals surface area contributed by atoms with E-state index in [1.54, 1.807) is 11.3 Å². The van der Waals surface area contributed by atoms with Gasteiger partial charge in [-0.2, -0.15) is 0 Å². The molecule has 2 aromatic rings. The second-order valence-corrected chi connectivity index (χ2v) is 5.92. The Hall–Kier alpha value is -0.910. The van der Waals surface area contributed by atoms with Crippen LogP contribution in [0.25, 0.3) is 0 Å². The van der Waals surface area contributed by atoms with E-state index in [4.69, 9.17) is 10.5 Å². The van der Waals surface area contributed by atoms with E-state index in [9.17, 15) is 0 Å². The second-order valence-electron chi connectivity index (χ2n) is 3.94. The predicted molar refractivity (Wildman–Crippen MR) is 78.1 cm³/mol. The highest BCUT2D eigenvalue weighted by Crippen LogP contribution is 2.24. The van der Waals surface area contributed by atoms with Crippen LogP contribution in [0, 0.1) is 6.92 Å². The monoisotopic (exact) mass is 326 g/mol. The average Bonchev–Trinajstić information content (AvgIpc) is 2.75. The zero-order valence-electron chi connectivity index (χ0n) is 10.1. The fraction of sp³-hybridized carbons (Fsp3) is 0.308. The van der Waals surface area contributed by atoms with Crippen molar-refractivity contribution in [1.82, 2.24) is 4.98 Å². The smallest absolute Gasteiger partial charge is 0.131 e. The van der Waals surface area contributed by atoms with Crippen LogP contribution >= 0.6 is 27.3 Å². The number of nitrogens with zero attached hydrogens (tertiary/aromatic N) is 1. The summed E-state index contributed by atoms with van der Waals surface area (Å²) in [5.41, 5.74) is 7.70. The molecule has 5 heteroatoms. The third-order valence-corrected chi connectivity index (χ3v) is 3.79. The molecule has 1 heterocycles. The molecule has 2 N–H and O–H groups in total. The molecule has 1 aromatic heterocycles. The number of thiazole rings is 1. The van der Waals surface area contributed by atoms with Gasteiger partial charge in [-0.05, 0) is 43.7 Å². The molecule has 0 saturated carbocycles. The Kier molecular flexibility index (Phi) is 4.74. The van der Waals surface area contributed by atoms with Crippen molar-refractivity contribution in [2.24, 2.45) is 5.73 Å². The van der Waals surface area contributed by atoms with Crippen LogP contribution in [0.5, 0.6) is 5.75 Å². The Morgan fingerprint density at radius 3 is 2.94 bits per heavy atom. The van der Waals surface area contributed by atoms with Crippen molar-refractivity contribution in [2.75, 3.05) is 6.54 Å². The molecule has 0 spiro atoms. The van der Waals surface area contributed by atoms with E-state index in [2.05, 4.69) is 27.0 Å². The zero-order chi connectivity index (χ0) is 13.0. The van der Waals surface area contributed by atoms with E-state index < -0.39 is 0 Å². The fourth-order valence-electron chi connectivity index (χ4n) is 1.67. The van der Waals surface area contributed by atoms with Gasteiger partial charge in [0.2, 0.25) is 0 Å². The lowest BCUT2D eigenvalue weighted by Gasteiger charge is -2.10. The van der Waals surface area contributed by atoms with Gasteiger partial charge in [-0.25, -0.2) is 4.98 Å². The summed E-state index contributed by atoms with van der Waals surface area (Å²) in [5, 5.41) is 3.09. The van der Waals surface area contributed by atoms with E-state index in [0.29, 0.717) is 13.2 Å². The molecule has 0 fully saturated rings. The van der Waals surface area contributed by atoms with E-state index >= 15 is 0 Å². The molecule has 0 saturated heterocycles. The lowest BCUT2D eigenvalue weighted by molar-refractivity contribution is 0.299. The van der Waals surface area contributed by atoms with Crippen molar-refractivity contribution in [1.29, 1.82) is 0 Å². The standard InChI is InChI=1S/C13H15BrN2OS/c1-9-16-12(8-18-9)7-17-13-3-2-11(14)6-10(13)4-5-15/h2-3,6,8H,4-5,7,15H2,1H3. The van der Waals surface area contributed by atoms with Crippen molar-refractivity contribution >= 4 is 27.3 Å². The van der Waals surface area contributed by atoms with Crippen LogP contribution in [0.4, 0.5) is 0 Å². The van der Waals surface area contributed by atoms with Crippen LogP contribution in [0.1, 0.15) is 16.3 Å². The topological polar surface area (TPSA) is 48.1 Å². The molecule has 0 radical (unpaired) electrons. The zero-order valence-corrected chi connectivity index (χ0v) is 12.6. The minimum atomic E-state index is 0.504. The normalized spacial score (nSPS) is 10.6. The third-order valence-electron chi connectivity index (χ3n) is 2.48. The molecule has 96 valence electrons. The van der Waals surface area contributed by atoms with Crippen LogP contribution in [-0.2, 0) is 13.0 Å². The Morgan fingerprint density at radius 2 is 2.28 bits per heavy atom. The van der Waals surface area contributed by atoms with Gasteiger partial charge < -0.3 is 10.5 Å². The van der Waals surface area contributed by atoms with Gasteiger partial charge in [0.1, 0.15) is 12.4 Å². The van der Waals surface area contributed by atoms with Crippen molar-refractivity contribution < 1.29 is 4.74 Å². The van der Waals surface area contributed by atoms with Gasteiger partial charge in [0.05, 0.1) is 10.7 Å². The Bertz CT molecular complexity index is 527. The Balaban J connectivity index is 2.08. The number of hydrogen-bond donors (Lipinski definition) is 1. The number of aryl methyl sites for hydroxylation is 1. The number of hydrogen-bond acceptors (Lipinski definition) is 4. The van der Waals surface area contributed by atoms with Gasteiger partial charge in [-0.15, -0.1) is 11.3 Å². The molecule has 0 aliphatic carbocycles. The first-order valence-electron chi connectivity index (χ1n) is 5.71. The maximum atomic E-state index is 5.81. The van der Waals surface area contributed by atoms with Crippen molar-refractivity contribution in [3.05, 3.63) is 44.3 Å². The quantitative estimate of drug-likeness (QED) is 0.917. The highest BCUT2D eigenvalue weighted by molar-refractivity contribution is 9.10. The molecule has 0 aliphatic rings. The number of halogens is 1. The van der Waals surface area contributed by atoms with Gasteiger partial charge in [-0.1, -0.05) is 15.9 Å². The summed E-state index contributed by atoms with van der Waals surface area (Å²) in [6.07, 6.45) is 0.810. The lowest BCUT2D eigenvalue weighted by Crippen LogP contribution is -2.05. The maximum absolute atomic E-state index is 5.81. The lowest BCUT2D eigenvalue weighted by atomic mass is 10.1. The maximum Gasteiger partial charge on any atom is 0.131 e. The molecule has 3 nitrogen and oxygen atoms in total. The van der Waals surface area contributed by atoms with Gasteiger partial charge in [0.15, 0.2) is 0 Å². The van der Waals surface area contributed by atoms with Gasteiger partial charge in [-0.3, -0.25) is 0 Å². The van der Waals surface area contributed by atoms with Crippen LogP contribution in [0.15, 0.2) is 28.1 Å². The number of ether oxygens (including phenoxy) is 1. The molecular weight excluding hydrogens is 312 g/mol. The summed E-state index contributed by atoms with van der Waals surface area (Å²) in [6, 6.07) is 5.99. The van der Waals surface area contributed by atoms with Crippen molar-refractivity contribution in [3.8, 4) is 5.75 Å². The van der Waals surface area contributed by atoms with E-state index in [-0.39, 0.29) is 0 Å². The van der Waals surface area contributed by atoms with Crippen LogP contribution < -0.4 is 10.5 Å². The number of nitrogens with two attached hydrogens (primary N) is 1. The summed E-state index contributed by atoms with van der Waals surface area (Å²) < 4.78 is 6.86. The summed E-state index contributed by atoms with van der Waals surface area (Å²) in [6.45, 7) is 3.11. The minimum absolute atomic E-state index is 0.504. The summed E-state index contributed by atoms with van der Waals surface area (Å²) in [4.78, 5) is 4.38. The van der Waals surface area contributed by atoms with Gasteiger partial charge in [0.25, 0.3) is 0 Å². The largest absolute Gasteiger partial charge is 0.487 e. The first kappa shape index (κ1) is 13.5. The Labute approximate surface area is 119 Å². The molecule has 0 atom stereocenters. The first-order valence-corrected chi connectivity index (χ1v) is 7.38. The van der Waals surface area contributed by atoms with Gasteiger partial charge >= 0.3 is 0 Å². The van der Waals surface area contributed by atoms with Crippen molar-refractivity contribution in [3.63, 3.8) is 0 Å². The van der Waals surface area contributed by atoms with Crippen LogP contribution in [-0.4, -0.2) is 11.5 Å². The summed E-state index contributed by atoms with van der Waals surface area (Å²) in [7, 11) is 0. The Morgan fingerprint density at radius 1 is 1.44 bits per heavy atom. The molecule has 0 bridgehead atoms. The van der Waals surface area contributed by atoms with E-state index in [1.165, 1.54) is 0 Å².